The smallest absolute Gasteiger partial charge is 0.255 e. The Morgan fingerprint density at radius 2 is 1.82 bits per heavy atom. The largest absolute Gasteiger partial charge is 0.493 e. The number of benzene rings is 2. The molecular formula is C23H29ClN2O2. The van der Waals surface area contributed by atoms with Crippen LogP contribution >= 0.6 is 11.6 Å². The first kappa shape index (κ1) is 20.7. The third kappa shape index (κ3) is 5.27. The molecule has 1 amide bonds. The summed E-state index contributed by atoms with van der Waals surface area (Å²) in [5, 5.41) is 3.87. The molecule has 5 heteroatoms. The zero-order chi connectivity index (χ0) is 19.8. The molecule has 1 saturated heterocycles. The van der Waals surface area contributed by atoms with Gasteiger partial charge < -0.3 is 10.1 Å². The molecule has 3 rings (SSSR count). The van der Waals surface area contributed by atoms with E-state index in [9.17, 15) is 4.79 Å². The maximum absolute atomic E-state index is 12.9. The molecular weight excluding hydrogens is 372 g/mol. The second-order valence-electron chi connectivity index (χ2n) is 7.19. The van der Waals surface area contributed by atoms with E-state index in [1.54, 1.807) is 0 Å². The molecule has 0 radical (unpaired) electrons. The van der Waals surface area contributed by atoms with Crippen molar-refractivity contribution in [2.24, 2.45) is 0 Å². The van der Waals surface area contributed by atoms with Crippen molar-refractivity contribution in [1.82, 2.24) is 10.2 Å². The van der Waals surface area contributed by atoms with Crippen LogP contribution in [-0.4, -0.2) is 37.0 Å². The summed E-state index contributed by atoms with van der Waals surface area (Å²) in [6.07, 6.45) is 4.53. The Bertz CT molecular complexity index is 775. The van der Waals surface area contributed by atoms with Gasteiger partial charge in [0.25, 0.3) is 5.91 Å². The number of halogens is 1. The number of amides is 1. The highest BCUT2D eigenvalue weighted by atomic mass is 35.5. The zero-order valence-electron chi connectivity index (χ0n) is 16.5. The second-order valence-corrected chi connectivity index (χ2v) is 7.60. The molecule has 1 aliphatic heterocycles. The second kappa shape index (κ2) is 10.5. The van der Waals surface area contributed by atoms with Crippen LogP contribution in [0.25, 0.3) is 0 Å². The van der Waals surface area contributed by atoms with Gasteiger partial charge in [0.1, 0.15) is 5.75 Å². The molecule has 1 heterocycles. The van der Waals surface area contributed by atoms with Crippen molar-refractivity contribution in [3.63, 3.8) is 0 Å². The van der Waals surface area contributed by atoms with Gasteiger partial charge in [-0.2, -0.15) is 0 Å². The minimum atomic E-state index is -0.110. The van der Waals surface area contributed by atoms with Crippen LogP contribution in [0.4, 0.5) is 0 Å². The molecule has 1 aliphatic rings. The number of nitrogens with one attached hydrogen (secondary N) is 1. The van der Waals surface area contributed by atoms with Crippen molar-refractivity contribution < 1.29 is 9.53 Å². The number of rotatable bonds is 8. The average Bonchev–Trinajstić information content (AvgIpc) is 2.74. The Kier molecular flexibility index (Phi) is 7.75. The number of carbonyl (C=O) groups excluding carboxylic acids is 1. The number of hydrogen-bond donors (Lipinski definition) is 1. The highest BCUT2D eigenvalue weighted by molar-refractivity contribution is 6.31. The molecule has 1 N–H and O–H groups in total. The molecule has 28 heavy (non-hydrogen) atoms. The maximum atomic E-state index is 12.9. The van der Waals surface area contributed by atoms with E-state index < -0.39 is 0 Å². The summed E-state index contributed by atoms with van der Waals surface area (Å²) in [6, 6.07) is 15.4. The van der Waals surface area contributed by atoms with Gasteiger partial charge >= 0.3 is 0 Å². The van der Waals surface area contributed by atoms with Gasteiger partial charge in [0, 0.05) is 11.6 Å². The molecule has 0 spiro atoms. The summed E-state index contributed by atoms with van der Waals surface area (Å²) >= 11 is 6.49. The molecule has 2 aromatic rings. The van der Waals surface area contributed by atoms with E-state index in [0.29, 0.717) is 24.5 Å². The van der Waals surface area contributed by atoms with E-state index in [2.05, 4.69) is 23.2 Å². The Morgan fingerprint density at radius 1 is 1.11 bits per heavy atom. The third-order valence-corrected chi connectivity index (χ3v) is 5.49. The lowest BCUT2D eigenvalue weighted by atomic mass is 10.0. The van der Waals surface area contributed by atoms with Crippen LogP contribution in [0, 0.1) is 0 Å². The van der Waals surface area contributed by atoms with Gasteiger partial charge in [0.2, 0.25) is 0 Å². The molecule has 0 unspecified atom stereocenters. The normalized spacial score (nSPS) is 15.8. The molecule has 0 saturated carbocycles. The average molecular weight is 401 g/mol. The number of piperidine rings is 1. The van der Waals surface area contributed by atoms with E-state index in [1.165, 1.54) is 19.3 Å². The van der Waals surface area contributed by atoms with Crippen molar-refractivity contribution in [2.75, 3.05) is 26.2 Å². The van der Waals surface area contributed by atoms with E-state index in [0.717, 1.165) is 30.1 Å². The highest BCUT2D eigenvalue weighted by Crippen LogP contribution is 2.29. The molecule has 0 aromatic heterocycles. The van der Waals surface area contributed by atoms with Crippen molar-refractivity contribution in [1.29, 1.82) is 0 Å². The lowest BCUT2D eigenvalue weighted by molar-refractivity contribution is 0.0920. The maximum Gasteiger partial charge on any atom is 0.255 e. The van der Waals surface area contributed by atoms with Crippen LogP contribution in [0.5, 0.6) is 5.75 Å². The fraction of sp³-hybridized carbons (Fsp3) is 0.435. The van der Waals surface area contributed by atoms with Crippen molar-refractivity contribution in [3.8, 4) is 5.75 Å². The Morgan fingerprint density at radius 3 is 2.57 bits per heavy atom. The number of ether oxygens (including phenoxy) is 1. The van der Waals surface area contributed by atoms with Gasteiger partial charge in [0.15, 0.2) is 0 Å². The van der Waals surface area contributed by atoms with E-state index in [1.807, 2.05) is 42.5 Å². The Labute approximate surface area is 172 Å². The van der Waals surface area contributed by atoms with Gasteiger partial charge in [-0.15, -0.1) is 0 Å². The summed E-state index contributed by atoms with van der Waals surface area (Å²) in [5.41, 5.74) is 1.65. The standard InChI is InChI=1S/C23H29ClN2O2/c1-2-16-28-22-13-7-5-11-19(22)23(27)25-17-21(26-14-8-3-9-15-26)18-10-4-6-12-20(18)24/h4-7,10-13,21H,2-3,8-9,14-17H2,1H3,(H,25,27)/t21-/m0/s1. The minimum Gasteiger partial charge on any atom is -0.493 e. The van der Waals surface area contributed by atoms with Crippen molar-refractivity contribution in [3.05, 3.63) is 64.7 Å². The van der Waals surface area contributed by atoms with E-state index >= 15 is 0 Å². The van der Waals surface area contributed by atoms with Crippen LogP contribution in [0.1, 0.15) is 54.6 Å². The van der Waals surface area contributed by atoms with E-state index in [-0.39, 0.29) is 11.9 Å². The first-order chi connectivity index (χ1) is 13.7. The topological polar surface area (TPSA) is 41.6 Å². The predicted molar refractivity (Wildman–Crippen MR) is 114 cm³/mol. The zero-order valence-corrected chi connectivity index (χ0v) is 17.3. The first-order valence-electron chi connectivity index (χ1n) is 10.2. The van der Waals surface area contributed by atoms with Crippen LogP contribution in [-0.2, 0) is 0 Å². The lowest BCUT2D eigenvalue weighted by Crippen LogP contribution is -2.40. The van der Waals surface area contributed by atoms with Crippen LogP contribution in [0.2, 0.25) is 5.02 Å². The van der Waals surface area contributed by atoms with Crippen LogP contribution in [0.3, 0.4) is 0 Å². The van der Waals surface area contributed by atoms with E-state index in [4.69, 9.17) is 16.3 Å². The molecule has 4 nitrogen and oxygen atoms in total. The lowest BCUT2D eigenvalue weighted by Gasteiger charge is -2.35. The number of para-hydroxylation sites is 1. The quantitative estimate of drug-likeness (QED) is 0.671. The predicted octanol–water partition coefficient (Wildman–Crippen LogP) is 5.09. The number of hydrogen-bond acceptors (Lipinski definition) is 3. The highest BCUT2D eigenvalue weighted by Gasteiger charge is 2.25. The monoisotopic (exact) mass is 400 g/mol. The van der Waals surface area contributed by atoms with Gasteiger partial charge in [-0.25, -0.2) is 0 Å². The number of carbonyl (C=O) groups is 1. The summed E-state index contributed by atoms with van der Waals surface area (Å²) in [6.45, 7) is 5.23. The molecule has 0 bridgehead atoms. The molecule has 0 aliphatic carbocycles. The SMILES string of the molecule is CCCOc1ccccc1C(=O)NC[C@@H](c1ccccc1Cl)N1CCCCC1. The van der Waals surface area contributed by atoms with Gasteiger partial charge in [-0.3, -0.25) is 9.69 Å². The van der Waals surface area contributed by atoms with Crippen molar-refractivity contribution in [2.45, 2.75) is 38.6 Å². The third-order valence-electron chi connectivity index (χ3n) is 5.14. The molecule has 1 fully saturated rings. The summed E-state index contributed by atoms with van der Waals surface area (Å²) < 4.78 is 5.74. The Balaban J connectivity index is 1.75. The first-order valence-corrected chi connectivity index (χ1v) is 10.6. The number of nitrogens with zero attached hydrogens (tertiary/aromatic N) is 1. The minimum absolute atomic E-state index is 0.0710. The van der Waals surface area contributed by atoms with Gasteiger partial charge in [-0.05, 0) is 56.1 Å². The molecule has 1 atom stereocenters. The summed E-state index contributed by atoms with van der Waals surface area (Å²) in [4.78, 5) is 15.3. The molecule has 150 valence electrons. The summed E-state index contributed by atoms with van der Waals surface area (Å²) in [7, 11) is 0. The number of likely N-dealkylation sites (tertiary alicyclic amines) is 1. The Hall–Kier alpha value is -2.04. The fourth-order valence-electron chi connectivity index (χ4n) is 3.69. The van der Waals surface area contributed by atoms with Gasteiger partial charge in [-0.1, -0.05) is 55.3 Å². The van der Waals surface area contributed by atoms with Crippen LogP contribution in [0.15, 0.2) is 48.5 Å². The van der Waals surface area contributed by atoms with Crippen molar-refractivity contribution >= 4 is 17.5 Å². The van der Waals surface area contributed by atoms with Crippen LogP contribution < -0.4 is 10.1 Å². The van der Waals surface area contributed by atoms with Gasteiger partial charge in [0.05, 0.1) is 18.2 Å². The fourth-order valence-corrected chi connectivity index (χ4v) is 3.95. The molecule has 2 aromatic carbocycles. The summed E-state index contributed by atoms with van der Waals surface area (Å²) in [5.74, 6) is 0.523.